The molecular formula is C28H26F3N5O3. The summed E-state index contributed by atoms with van der Waals surface area (Å²) in [5.74, 6) is 0.0181. The van der Waals surface area contributed by atoms with Gasteiger partial charge in [-0.15, -0.1) is 0 Å². The number of rotatable bonds is 6. The molecule has 5 rings (SSSR count). The van der Waals surface area contributed by atoms with Crippen LogP contribution in [0.4, 0.5) is 13.2 Å². The highest BCUT2D eigenvalue weighted by Crippen LogP contribution is 2.38. The molecule has 202 valence electrons. The fraction of sp³-hybridized carbons (Fsp3) is 0.286. The Morgan fingerprint density at radius 3 is 2.46 bits per heavy atom. The molecule has 0 atom stereocenters. The molecule has 1 saturated heterocycles. The molecule has 0 bridgehead atoms. The van der Waals surface area contributed by atoms with Crippen LogP contribution in [-0.4, -0.2) is 47.2 Å². The Labute approximate surface area is 222 Å². The van der Waals surface area contributed by atoms with Gasteiger partial charge in [-0.3, -0.25) is 4.79 Å². The van der Waals surface area contributed by atoms with Gasteiger partial charge < -0.3 is 25.2 Å². The fourth-order valence-corrected chi connectivity index (χ4v) is 5.02. The van der Waals surface area contributed by atoms with Gasteiger partial charge in [0.05, 0.1) is 13.7 Å². The number of alkyl halides is 3. The molecule has 0 aliphatic carbocycles. The number of ether oxygens (including phenoxy) is 1. The van der Waals surface area contributed by atoms with Crippen LogP contribution in [0.25, 0.3) is 22.4 Å². The summed E-state index contributed by atoms with van der Waals surface area (Å²) in [5, 5.41) is 8.40. The number of oxazole rings is 1. The van der Waals surface area contributed by atoms with Crippen LogP contribution in [0.5, 0.6) is 5.75 Å². The number of likely N-dealkylation sites (tertiary alicyclic amines) is 1. The lowest BCUT2D eigenvalue weighted by molar-refractivity contribution is -0.140. The number of fused-ring (bicyclic) bond motifs is 1. The van der Waals surface area contributed by atoms with E-state index in [1.165, 1.54) is 25.5 Å². The van der Waals surface area contributed by atoms with Gasteiger partial charge in [0.2, 0.25) is 5.89 Å². The molecule has 2 aromatic carbocycles. The van der Waals surface area contributed by atoms with Gasteiger partial charge in [0.15, 0.2) is 11.5 Å². The Morgan fingerprint density at radius 2 is 1.85 bits per heavy atom. The third-order valence-corrected chi connectivity index (χ3v) is 7.21. The van der Waals surface area contributed by atoms with Crippen molar-refractivity contribution in [2.24, 2.45) is 5.73 Å². The zero-order valence-corrected chi connectivity index (χ0v) is 21.1. The number of nitrogens with one attached hydrogen (secondary N) is 1. The summed E-state index contributed by atoms with van der Waals surface area (Å²) in [7, 11) is 1.34. The quantitative estimate of drug-likeness (QED) is 0.327. The minimum Gasteiger partial charge on any atom is -0.494 e. The molecule has 1 aliphatic heterocycles. The van der Waals surface area contributed by atoms with Crippen LogP contribution in [0.3, 0.4) is 0 Å². The van der Waals surface area contributed by atoms with Crippen molar-refractivity contribution in [2.45, 2.75) is 31.0 Å². The first-order valence-electron chi connectivity index (χ1n) is 12.3. The third-order valence-electron chi connectivity index (χ3n) is 7.21. The van der Waals surface area contributed by atoms with E-state index in [0.717, 1.165) is 11.6 Å². The molecule has 1 aliphatic rings. The molecule has 3 N–H and O–H groups in total. The first-order valence-corrected chi connectivity index (χ1v) is 12.3. The maximum Gasteiger partial charge on any atom is 0.433 e. The maximum atomic E-state index is 13.5. The van der Waals surface area contributed by atoms with Crippen molar-refractivity contribution in [1.29, 1.82) is 5.41 Å². The van der Waals surface area contributed by atoms with Gasteiger partial charge in [0.1, 0.15) is 17.0 Å². The number of hydrogen-bond acceptors (Lipinski definition) is 7. The molecule has 0 unspecified atom stereocenters. The highest BCUT2D eigenvalue weighted by Gasteiger charge is 2.37. The number of amides is 1. The van der Waals surface area contributed by atoms with Gasteiger partial charge in [0, 0.05) is 35.7 Å². The summed E-state index contributed by atoms with van der Waals surface area (Å²) < 4.78 is 51.0. The molecule has 0 radical (unpaired) electrons. The first-order chi connectivity index (χ1) is 18.7. The lowest BCUT2D eigenvalue weighted by Crippen LogP contribution is -2.46. The van der Waals surface area contributed by atoms with Crippen molar-refractivity contribution in [2.75, 3.05) is 20.2 Å². The van der Waals surface area contributed by atoms with Crippen molar-refractivity contribution in [3.8, 4) is 17.2 Å². The van der Waals surface area contributed by atoms with E-state index in [9.17, 15) is 18.0 Å². The highest BCUT2D eigenvalue weighted by atomic mass is 19.4. The summed E-state index contributed by atoms with van der Waals surface area (Å²) in [6.45, 7) is 0.719. The fourth-order valence-electron chi connectivity index (χ4n) is 5.02. The van der Waals surface area contributed by atoms with Crippen LogP contribution >= 0.6 is 0 Å². The van der Waals surface area contributed by atoms with E-state index in [4.69, 9.17) is 20.3 Å². The Morgan fingerprint density at radius 1 is 1.13 bits per heavy atom. The summed E-state index contributed by atoms with van der Waals surface area (Å²) in [5.41, 5.74) is 5.81. The molecule has 2 aromatic heterocycles. The van der Waals surface area contributed by atoms with E-state index in [1.807, 2.05) is 30.3 Å². The van der Waals surface area contributed by atoms with Crippen LogP contribution in [0, 0.1) is 5.41 Å². The minimum absolute atomic E-state index is 0.00914. The standard InChI is InChI=1S/C28H26F3N5O3/c1-38-20-9-7-19(18-8-10-22(28(29,30)31)34-23(18)20)25-35-24(21(15-32)39-25)26(37)36-13-11-27(16-33,12-14-36)17-5-3-2-4-6-17/h2-10,16,33H,11-15,32H2,1H3. The SMILES string of the molecule is COc1ccc(-c2nc(C(=O)N3CCC(C=N)(c4ccccc4)CC3)c(CN)o2)c2ccc(C(F)(F)F)nc12. The van der Waals surface area contributed by atoms with E-state index < -0.39 is 17.3 Å². The predicted octanol–water partition coefficient (Wildman–Crippen LogP) is 5.20. The Bertz CT molecular complexity index is 1530. The number of aromatic nitrogens is 2. The first kappa shape index (κ1) is 26.4. The Kier molecular flexibility index (Phi) is 6.85. The number of carbonyl (C=O) groups excluding carboxylic acids is 1. The molecule has 0 spiro atoms. The number of piperidine rings is 1. The van der Waals surface area contributed by atoms with Crippen molar-refractivity contribution in [1.82, 2.24) is 14.9 Å². The summed E-state index contributed by atoms with van der Waals surface area (Å²) in [6, 6.07) is 15.0. The topological polar surface area (TPSA) is 118 Å². The van der Waals surface area contributed by atoms with E-state index in [1.54, 1.807) is 11.0 Å². The maximum absolute atomic E-state index is 13.5. The van der Waals surface area contributed by atoms with E-state index in [0.29, 0.717) is 36.9 Å². The predicted molar refractivity (Wildman–Crippen MR) is 139 cm³/mol. The molecular weight excluding hydrogens is 511 g/mol. The van der Waals surface area contributed by atoms with Crippen molar-refractivity contribution < 1.29 is 27.1 Å². The smallest absolute Gasteiger partial charge is 0.433 e. The van der Waals surface area contributed by atoms with Crippen molar-refractivity contribution in [3.63, 3.8) is 0 Å². The number of hydrogen-bond donors (Lipinski definition) is 2. The van der Waals surface area contributed by atoms with Gasteiger partial charge in [-0.1, -0.05) is 30.3 Å². The van der Waals surface area contributed by atoms with E-state index in [2.05, 4.69) is 9.97 Å². The second kappa shape index (κ2) is 10.1. The molecule has 3 heterocycles. The Hall–Kier alpha value is -4.25. The largest absolute Gasteiger partial charge is 0.494 e. The summed E-state index contributed by atoms with van der Waals surface area (Å²) in [4.78, 5) is 23.4. The number of carbonyl (C=O) groups is 1. The average Bonchev–Trinajstić information content (AvgIpc) is 3.40. The highest BCUT2D eigenvalue weighted by molar-refractivity contribution is 5.98. The average molecular weight is 538 g/mol. The van der Waals surface area contributed by atoms with Gasteiger partial charge >= 0.3 is 6.18 Å². The number of pyridine rings is 1. The lowest BCUT2D eigenvalue weighted by Gasteiger charge is -2.39. The lowest BCUT2D eigenvalue weighted by atomic mass is 9.74. The van der Waals surface area contributed by atoms with Crippen molar-refractivity contribution >= 4 is 23.0 Å². The zero-order valence-electron chi connectivity index (χ0n) is 21.1. The van der Waals surface area contributed by atoms with Crippen LogP contribution in [-0.2, 0) is 18.1 Å². The molecule has 11 heteroatoms. The van der Waals surface area contributed by atoms with Gasteiger partial charge in [0.25, 0.3) is 5.91 Å². The second-order valence-corrected chi connectivity index (χ2v) is 9.36. The van der Waals surface area contributed by atoms with Crippen LogP contribution in [0.15, 0.2) is 59.0 Å². The zero-order chi connectivity index (χ0) is 27.8. The summed E-state index contributed by atoms with van der Waals surface area (Å²) in [6.07, 6.45) is -2.03. The summed E-state index contributed by atoms with van der Waals surface area (Å²) >= 11 is 0. The molecule has 39 heavy (non-hydrogen) atoms. The monoisotopic (exact) mass is 537 g/mol. The molecule has 0 saturated carbocycles. The molecule has 8 nitrogen and oxygen atoms in total. The van der Waals surface area contributed by atoms with E-state index in [-0.39, 0.29) is 41.1 Å². The third kappa shape index (κ3) is 4.74. The van der Waals surface area contributed by atoms with Gasteiger partial charge in [-0.25, -0.2) is 9.97 Å². The van der Waals surface area contributed by atoms with Crippen LogP contribution in [0.1, 0.15) is 40.3 Å². The number of benzene rings is 2. The number of methoxy groups -OCH3 is 1. The van der Waals surface area contributed by atoms with E-state index >= 15 is 0 Å². The number of halogens is 3. The normalized spacial score (nSPS) is 15.4. The van der Waals surface area contributed by atoms with Crippen LogP contribution < -0.4 is 10.5 Å². The minimum atomic E-state index is -4.63. The van der Waals surface area contributed by atoms with Gasteiger partial charge in [-0.2, -0.15) is 13.2 Å². The second-order valence-electron chi connectivity index (χ2n) is 9.36. The van der Waals surface area contributed by atoms with Crippen molar-refractivity contribution in [3.05, 3.63) is 77.3 Å². The molecule has 4 aromatic rings. The van der Waals surface area contributed by atoms with Crippen LogP contribution in [0.2, 0.25) is 0 Å². The Balaban J connectivity index is 1.46. The number of nitrogens with two attached hydrogens (primary N) is 1. The number of nitrogens with zero attached hydrogens (tertiary/aromatic N) is 3. The molecule has 1 amide bonds. The molecule has 1 fully saturated rings. The van der Waals surface area contributed by atoms with Gasteiger partial charge in [-0.05, 0) is 42.7 Å².